The third-order valence-corrected chi connectivity index (χ3v) is 3.79. The van der Waals surface area contributed by atoms with Gasteiger partial charge in [-0.2, -0.15) is 0 Å². The molecule has 0 saturated carbocycles. The van der Waals surface area contributed by atoms with E-state index in [0.29, 0.717) is 0 Å². The van der Waals surface area contributed by atoms with Gasteiger partial charge in [-0.05, 0) is 0 Å². The molecule has 0 radical (unpaired) electrons. The van der Waals surface area contributed by atoms with Crippen molar-refractivity contribution in [2.24, 2.45) is 0 Å². The zero-order valence-corrected chi connectivity index (χ0v) is 13.6. The molecule has 0 spiro atoms. The van der Waals surface area contributed by atoms with Crippen LogP contribution in [0.25, 0.3) is 0 Å². The minimum absolute atomic E-state index is 0.345. The average Bonchev–Trinajstić information content (AvgIpc) is 2.68. The fourth-order valence-electron chi connectivity index (χ4n) is 2.08. The third kappa shape index (κ3) is 5.34. The first-order valence-electron chi connectivity index (χ1n) is 7.63. The van der Waals surface area contributed by atoms with Crippen molar-refractivity contribution in [2.45, 2.75) is 48.8 Å². The lowest BCUT2D eigenvalue weighted by Gasteiger charge is -2.27. The number of rotatable bonds is 10. The molecule has 0 aliphatic carbocycles. The SMILES string of the molecule is OC[C@@H](O)[C@H](O)[C@@H](O)[C@H](O)c1cncc([C@@H](O)[C@H](O)[C@@H](O)[C@H](O)CO)n1. The number of aliphatic hydroxyl groups excluding tert-OH is 10. The Balaban J connectivity index is 2.96. The van der Waals surface area contributed by atoms with Crippen molar-refractivity contribution in [3.05, 3.63) is 23.8 Å². The summed E-state index contributed by atoms with van der Waals surface area (Å²) in [5, 5.41) is 95.0. The second-order valence-corrected chi connectivity index (χ2v) is 5.72. The van der Waals surface area contributed by atoms with E-state index in [0.717, 1.165) is 12.4 Å². The molecule has 12 nitrogen and oxygen atoms in total. The van der Waals surface area contributed by atoms with E-state index in [1.54, 1.807) is 0 Å². The average molecular weight is 380 g/mol. The van der Waals surface area contributed by atoms with Crippen LogP contribution < -0.4 is 0 Å². The Hall–Kier alpha value is -1.32. The lowest BCUT2D eigenvalue weighted by molar-refractivity contribution is -0.119. The highest BCUT2D eigenvalue weighted by molar-refractivity contribution is 5.11. The predicted molar refractivity (Wildman–Crippen MR) is 82.2 cm³/mol. The fourth-order valence-corrected chi connectivity index (χ4v) is 2.08. The van der Waals surface area contributed by atoms with Crippen molar-refractivity contribution < 1.29 is 51.1 Å². The molecule has 0 bridgehead atoms. The summed E-state index contributed by atoms with van der Waals surface area (Å²) in [5.41, 5.74) is -0.690. The lowest BCUT2D eigenvalue weighted by atomic mass is 10.00. The van der Waals surface area contributed by atoms with Gasteiger partial charge in [0.2, 0.25) is 0 Å². The van der Waals surface area contributed by atoms with Crippen LogP contribution in [0.15, 0.2) is 12.4 Å². The van der Waals surface area contributed by atoms with Crippen LogP contribution in [0.4, 0.5) is 0 Å². The first kappa shape index (κ1) is 22.7. The van der Waals surface area contributed by atoms with Crippen molar-refractivity contribution >= 4 is 0 Å². The normalized spacial score (nSPS) is 21.3. The summed E-state index contributed by atoms with van der Waals surface area (Å²) in [7, 11) is 0. The zero-order chi connectivity index (χ0) is 20.0. The molecule has 0 fully saturated rings. The minimum atomic E-state index is -1.95. The lowest BCUT2D eigenvalue weighted by Crippen LogP contribution is -2.43. The van der Waals surface area contributed by atoms with Crippen LogP contribution in [0.5, 0.6) is 0 Å². The van der Waals surface area contributed by atoms with Gasteiger partial charge < -0.3 is 51.1 Å². The molecule has 12 heteroatoms. The van der Waals surface area contributed by atoms with Crippen LogP contribution in [0.2, 0.25) is 0 Å². The van der Waals surface area contributed by atoms with Crippen LogP contribution >= 0.6 is 0 Å². The van der Waals surface area contributed by atoms with E-state index in [1.807, 2.05) is 0 Å². The molecular formula is C14H24N2O10. The minimum Gasteiger partial charge on any atom is -0.394 e. The summed E-state index contributed by atoms with van der Waals surface area (Å²) >= 11 is 0. The van der Waals surface area contributed by atoms with E-state index in [9.17, 15) is 40.9 Å². The van der Waals surface area contributed by atoms with Gasteiger partial charge in [-0.25, -0.2) is 4.98 Å². The summed E-state index contributed by atoms with van der Waals surface area (Å²) in [4.78, 5) is 7.41. The number of nitrogens with zero attached hydrogens (tertiary/aromatic N) is 2. The summed E-state index contributed by atoms with van der Waals surface area (Å²) in [6.07, 6.45) is -12.9. The highest BCUT2D eigenvalue weighted by atomic mass is 16.4. The quantitative estimate of drug-likeness (QED) is 0.183. The molecule has 0 aliphatic rings. The van der Waals surface area contributed by atoms with Gasteiger partial charge in [-0.1, -0.05) is 0 Å². The van der Waals surface area contributed by atoms with Crippen molar-refractivity contribution in [1.29, 1.82) is 0 Å². The standard InChI is InChI=1S/C14H24N2O10/c17-3-7(19)11(23)13(25)9(21)5-1-15-2-6(16-5)10(22)14(26)12(24)8(20)4-18/h1-2,7-14,17-26H,3-4H2/t7-,8-,9-,10-,11+,12+,13+,14+/m1/s1. The van der Waals surface area contributed by atoms with E-state index in [4.69, 9.17) is 10.2 Å². The van der Waals surface area contributed by atoms with Crippen LogP contribution in [-0.2, 0) is 0 Å². The smallest absolute Gasteiger partial charge is 0.126 e. The van der Waals surface area contributed by atoms with Gasteiger partial charge in [0, 0.05) is 0 Å². The van der Waals surface area contributed by atoms with E-state index >= 15 is 0 Å². The van der Waals surface area contributed by atoms with Crippen molar-refractivity contribution in [3.63, 3.8) is 0 Å². The van der Waals surface area contributed by atoms with Gasteiger partial charge in [0.15, 0.2) is 0 Å². The molecule has 0 unspecified atom stereocenters. The zero-order valence-electron chi connectivity index (χ0n) is 13.6. The van der Waals surface area contributed by atoms with Gasteiger partial charge in [-0.15, -0.1) is 0 Å². The molecule has 10 N–H and O–H groups in total. The van der Waals surface area contributed by atoms with Gasteiger partial charge >= 0.3 is 0 Å². The largest absolute Gasteiger partial charge is 0.394 e. The molecule has 0 aromatic carbocycles. The van der Waals surface area contributed by atoms with E-state index in [-0.39, 0.29) is 11.4 Å². The summed E-state index contributed by atoms with van der Waals surface area (Å²) in [6, 6.07) is 0. The summed E-state index contributed by atoms with van der Waals surface area (Å²) in [5.74, 6) is 0. The Morgan fingerprint density at radius 2 is 0.962 bits per heavy atom. The van der Waals surface area contributed by atoms with Crippen molar-refractivity contribution in [1.82, 2.24) is 9.97 Å². The summed E-state index contributed by atoms with van der Waals surface area (Å²) < 4.78 is 0. The number of hydrogen-bond acceptors (Lipinski definition) is 12. The Morgan fingerprint density at radius 3 is 1.27 bits per heavy atom. The molecule has 26 heavy (non-hydrogen) atoms. The fraction of sp³-hybridized carbons (Fsp3) is 0.714. The maximum absolute atomic E-state index is 10.0. The maximum Gasteiger partial charge on any atom is 0.126 e. The van der Waals surface area contributed by atoms with Crippen LogP contribution in [0.1, 0.15) is 23.6 Å². The second kappa shape index (κ2) is 10.1. The molecule has 0 aliphatic heterocycles. The van der Waals surface area contributed by atoms with E-state index in [1.165, 1.54) is 0 Å². The van der Waals surface area contributed by atoms with E-state index < -0.39 is 62.0 Å². The van der Waals surface area contributed by atoms with Gasteiger partial charge in [0.1, 0.15) is 48.8 Å². The van der Waals surface area contributed by atoms with Crippen LogP contribution in [-0.4, -0.2) is 111 Å². The molecule has 0 amide bonds. The van der Waals surface area contributed by atoms with Crippen LogP contribution in [0.3, 0.4) is 0 Å². The topological polar surface area (TPSA) is 228 Å². The molecule has 1 heterocycles. The molecule has 1 aromatic rings. The molecule has 150 valence electrons. The maximum atomic E-state index is 10.0. The molecule has 1 aromatic heterocycles. The number of aromatic nitrogens is 2. The van der Waals surface area contributed by atoms with Crippen molar-refractivity contribution in [2.75, 3.05) is 13.2 Å². The Morgan fingerprint density at radius 1 is 0.615 bits per heavy atom. The van der Waals surface area contributed by atoms with E-state index in [2.05, 4.69) is 9.97 Å². The monoisotopic (exact) mass is 380 g/mol. The third-order valence-electron chi connectivity index (χ3n) is 3.79. The molecule has 8 atom stereocenters. The highest BCUT2D eigenvalue weighted by Gasteiger charge is 2.34. The molecule has 1 rings (SSSR count). The first-order valence-corrected chi connectivity index (χ1v) is 7.63. The first-order chi connectivity index (χ1) is 12.1. The predicted octanol–water partition coefficient (Wildman–Crippen LogP) is -5.31. The number of aliphatic hydroxyl groups is 10. The van der Waals surface area contributed by atoms with Gasteiger partial charge in [0.05, 0.1) is 37.0 Å². The number of hydrogen-bond donors (Lipinski definition) is 10. The Labute approximate surface area is 147 Å². The van der Waals surface area contributed by atoms with Crippen LogP contribution in [0, 0.1) is 0 Å². The Bertz CT molecular complexity index is 507. The molecular weight excluding hydrogens is 356 g/mol. The van der Waals surface area contributed by atoms with Crippen molar-refractivity contribution in [3.8, 4) is 0 Å². The molecule has 0 saturated heterocycles. The highest BCUT2D eigenvalue weighted by Crippen LogP contribution is 2.22. The summed E-state index contributed by atoms with van der Waals surface area (Å²) in [6.45, 7) is -1.74. The van der Waals surface area contributed by atoms with Gasteiger partial charge in [0.25, 0.3) is 0 Å². The second-order valence-electron chi connectivity index (χ2n) is 5.72. The van der Waals surface area contributed by atoms with Gasteiger partial charge in [-0.3, -0.25) is 4.98 Å². The Kier molecular flexibility index (Phi) is 8.85.